The summed E-state index contributed by atoms with van der Waals surface area (Å²) in [4.78, 5) is 39.2. The highest BCUT2D eigenvalue weighted by molar-refractivity contribution is 6.44. The minimum Gasteiger partial charge on any atom is -0.474 e. The number of Topliss-reactive ketones (excluding diaryl/α,β-unsaturated/α-hetero) is 1. The van der Waals surface area contributed by atoms with E-state index in [-0.39, 0.29) is 24.7 Å². The van der Waals surface area contributed by atoms with Crippen molar-refractivity contribution in [3.63, 3.8) is 0 Å². The van der Waals surface area contributed by atoms with Crippen molar-refractivity contribution in [2.75, 3.05) is 20.3 Å². The number of primary amides is 1. The molecule has 8 nitrogen and oxygen atoms in total. The van der Waals surface area contributed by atoms with Gasteiger partial charge in [-0.25, -0.2) is 14.8 Å². The zero-order chi connectivity index (χ0) is 25.7. The molecule has 0 bridgehead atoms. The number of amides is 1. The van der Waals surface area contributed by atoms with Gasteiger partial charge in [-0.05, 0) is 35.6 Å². The van der Waals surface area contributed by atoms with E-state index in [9.17, 15) is 9.59 Å². The van der Waals surface area contributed by atoms with Crippen molar-refractivity contribution in [2.45, 2.75) is 26.7 Å². The minimum absolute atomic E-state index is 0.142. The van der Waals surface area contributed by atoms with E-state index < -0.39 is 11.7 Å². The van der Waals surface area contributed by atoms with Gasteiger partial charge in [-0.2, -0.15) is 0 Å². The molecule has 0 radical (unpaired) electrons. The number of carbonyl (C=O) groups is 2. The Morgan fingerprint density at radius 1 is 1.03 bits per heavy atom. The average molecular weight is 488 g/mol. The van der Waals surface area contributed by atoms with Crippen LogP contribution in [0.4, 0.5) is 0 Å². The molecule has 0 aliphatic heterocycles. The maximum Gasteiger partial charge on any atom is 0.289 e. The summed E-state index contributed by atoms with van der Waals surface area (Å²) in [7, 11) is 1.41. The molecule has 4 rings (SSSR count). The summed E-state index contributed by atoms with van der Waals surface area (Å²) in [5.41, 5.74) is 11.7. The number of ether oxygens (including phenoxy) is 1. The topological polar surface area (TPSA) is 105 Å². The Hall–Kier alpha value is -4.01. The van der Waals surface area contributed by atoms with Crippen molar-refractivity contribution in [3.05, 3.63) is 88.9 Å². The Balaban J connectivity index is 1.92. The fourth-order valence-electron chi connectivity index (χ4n) is 4.52. The normalized spacial score (nSPS) is 11.1. The molecule has 0 saturated carbocycles. The molecule has 36 heavy (non-hydrogen) atoms. The van der Waals surface area contributed by atoms with Crippen molar-refractivity contribution in [2.24, 2.45) is 5.73 Å². The molecule has 4 aromatic rings. The summed E-state index contributed by atoms with van der Waals surface area (Å²) < 4.78 is 7.80. The molecule has 0 fully saturated rings. The number of rotatable bonds is 11. The number of fused-ring (bicyclic) bond motifs is 1. The quantitative estimate of drug-likeness (QED) is 0.112. The lowest BCUT2D eigenvalue weighted by atomic mass is 9.94. The molecular formula is C28H29N3O5. The molecule has 2 heterocycles. The predicted octanol–water partition coefficient (Wildman–Crippen LogP) is 4.09. The largest absolute Gasteiger partial charge is 0.474 e. The summed E-state index contributed by atoms with van der Waals surface area (Å²) in [5, 5.41) is 0. The Bertz CT molecular complexity index is 1400. The van der Waals surface area contributed by atoms with Crippen LogP contribution in [-0.4, -0.2) is 41.4 Å². The fraction of sp³-hybridized carbons (Fsp3) is 0.250. The molecule has 0 aliphatic rings. The minimum atomic E-state index is -1.03. The van der Waals surface area contributed by atoms with Gasteiger partial charge in [-0.3, -0.25) is 9.59 Å². The Kier molecular flexibility index (Phi) is 7.77. The van der Waals surface area contributed by atoms with E-state index in [1.54, 1.807) is 0 Å². The van der Waals surface area contributed by atoms with E-state index in [0.29, 0.717) is 24.1 Å². The summed E-state index contributed by atoms with van der Waals surface area (Å²) in [6.07, 6.45) is 2.90. The van der Waals surface area contributed by atoms with Gasteiger partial charge in [0, 0.05) is 18.3 Å². The van der Waals surface area contributed by atoms with Crippen LogP contribution in [0.2, 0.25) is 0 Å². The molecule has 186 valence electrons. The first-order valence-electron chi connectivity index (χ1n) is 11.8. The van der Waals surface area contributed by atoms with E-state index in [0.717, 1.165) is 27.9 Å². The molecule has 2 aromatic heterocycles. The smallest absolute Gasteiger partial charge is 0.289 e. The number of aromatic nitrogens is 2. The molecule has 0 saturated heterocycles. The number of benzene rings is 2. The summed E-state index contributed by atoms with van der Waals surface area (Å²) in [6.45, 7) is 4.10. The molecular weight excluding hydrogens is 458 g/mol. The van der Waals surface area contributed by atoms with Crippen LogP contribution in [0.3, 0.4) is 0 Å². The molecule has 0 aliphatic carbocycles. The highest BCUT2D eigenvalue weighted by Crippen LogP contribution is 2.34. The van der Waals surface area contributed by atoms with Crippen LogP contribution in [0, 0.1) is 6.92 Å². The lowest BCUT2D eigenvalue weighted by molar-refractivity contribution is -0.275. The molecule has 1 amide bonds. The van der Waals surface area contributed by atoms with Gasteiger partial charge in [0.05, 0.1) is 18.4 Å². The number of aryl methyl sites for hydroxylation is 1. The SMILES string of the molecule is CCc1c(C(=O)C(N)=O)c2c(OCCOOC)nc(C)cn2c1Cc1ccccc1-c1ccccc1. The molecule has 8 heteroatoms. The van der Waals surface area contributed by atoms with Crippen LogP contribution in [0.25, 0.3) is 16.6 Å². The fourth-order valence-corrected chi connectivity index (χ4v) is 4.52. The van der Waals surface area contributed by atoms with Crippen LogP contribution in [0.1, 0.15) is 39.8 Å². The van der Waals surface area contributed by atoms with Crippen molar-refractivity contribution >= 4 is 17.2 Å². The zero-order valence-electron chi connectivity index (χ0n) is 20.6. The van der Waals surface area contributed by atoms with Gasteiger partial charge in [0.25, 0.3) is 11.7 Å². The standard InChI is InChI=1S/C28H29N3O5/c1-4-21-23(16-20-12-8-9-13-22(20)19-10-6-5-7-11-19)31-17-18(2)30-28(35-14-15-36-34-3)25(31)24(21)26(32)27(29)33/h5-13,17H,4,14-16H2,1-3H3,(H2,29,33). The molecule has 0 atom stereocenters. The van der Waals surface area contributed by atoms with Gasteiger partial charge in [0.1, 0.15) is 18.7 Å². The lowest BCUT2D eigenvalue weighted by Crippen LogP contribution is -2.24. The number of carbonyl (C=O) groups excluding carboxylic acids is 2. The van der Waals surface area contributed by atoms with E-state index in [1.807, 2.05) is 54.8 Å². The number of nitrogens with zero attached hydrogens (tertiary/aromatic N) is 2. The summed E-state index contributed by atoms with van der Waals surface area (Å²) >= 11 is 0. The van der Waals surface area contributed by atoms with E-state index in [4.69, 9.17) is 15.4 Å². The van der Waals surface area contributed by atoms with Crippen molar-refractivity contribution < 1.29 is 24.1 Å². The van der Waals surface area contributed by atoms with Gasteiger partial charge < -0.3 is 14.9 Å². The first-order chi connectivity index (χ1) is 17.5. The average Bonchev–Trinajstić information content (AvgIpc) is 3.19. The van der Waals surface area contributed by atoms with Crippen LogP contribution in [0.15, 0.2) is 60.8 Å². The van der Waals surface area contributed by atoms with E-state index >= 15 is 0 Å². The first-order valence-corrected chi connectivity index (χ1v) is 11.8. The van der Waals surface area contributed by atoms with Gasteiger partial charge >= 0.3 is 0 Å². The molecule has 0 unspecified atom stereocenters. The second kappa shape index (κ2) is 11.2. The summed E-state index contributed by atoms with van der Waals surface area (Å²) in [5.74, 6) is -1.56. The Morgan fingerprint density at radius 3 is 2.44 bits per heavy atom. The number of ketones is 1. The maximum atomic E-state index is 13.1. The van der Waals surface area contributed by atoms with Crippen molar-refractivity contribution in [1.82, 2.24) is 9.38 Å². The molecule has 0 spiro atoms. The highest BCUT2D eigenvalue weighted by Gasteiger charge is 2.29. The third kappa shape index (κ3) is 5.00. The van der Waals surface area contributed by atoms with Crippen LogP contribution in [-0.2, 0) is 27.4 Å². The maximum absolute atomic E-state index is 13.1. The van der Waals surface area contributed by atoms with Gasteiger partial charge in [0.15, 0.2) is 0 Å². The second-order valence-electron chi connectivity index (χ2n) is 8.29. The Morgan fingerprint density at radius 2 is 1.75 bits per heavy atom. The van der Waals surface area contributed by atoms with E-state index in [2.05, 4.69) is 34.1 Å². The van der Waals surface area contributed by atoms with E-state index in [1.165, 1.54) is 7.11 Å². The number of hydrogen-bond donors (Lipinski definition) is 1. The molecule has 2 aromatic carbocycles. The first kappa shape index (κ1) is 25.1. The third-order valence-electron chi connectivity index (χ3n) is 6.00. The monoisotopic (exact) mass is 487 g/mol. The van der Waals surface area contributed by atoms with Crippen LogP contribution >= 0.6 is 0 Å². The van der Waals surface area contributed by atoms with Crippen molar-refractivity contribution in [3.8, 4) is 17.0 Å². The lowest BCUT2D eigenvalue weighted by Gasteiger charge is -2.13. The zero-order valence-corrected chi connectivity index (χ0v) is 20.6. The van der Waals surface area contributed by atoms with Crippen LogP contribution in [0.5, 0.6) is 5.88 Å². The third-order valence-corrected chi connectivity index (χ3v) is 6.00. The number of nitrogens with two attached hydrogens (primary N) is 1. The Labute approximate surface area is 209 Å². The highest BCUT2D eigenvalue weighted by atomic mass is 17.2. The number of hydrogen-bond acceptors (Lipinski definition) is 6. The second-order valence-corrected chi connectivity index (χ2v) is 8.29. The summed E-state index contributed by atoms with van der Waals surface area (Å²) in [6, 6.07) is 18.3. The molecule has 2 N–H and O–H groups in total. The van der Waals surface area contributed by atoms with Gasteiger partial charge in [-0.1, -0.05) is 61.5 Å². The van der Waals surface area contributed by atoms with Crippen molar-refractivity contribution in [1.29, 1.82) is 0 Å². The van der Waals surface area contributed by atoms with Gasteiger partial charge in [-0.15, -0.1) is 0 Å². The van der Waals surface area contributed by atoms with Gasteiger partial charge in [0.2, 0.25) is 5.88 Å². The van der Waals surface area contributed by atoms with Crippen LogP contribution < -0.4 is 10.5 Å². The predicted molar refractivity (Wildman–Crippen MR) is 136 cm³/mol.